The number of rotatable bonds is 9. The fourth-order valence-electron chi connectivity index (χ4n) is 4.07. The van der Waals surface area contributed by atoms with Crippen molar-refractivity contribution >= 4 is 29.0 Å². The van der Waals surface area contributed by atoms with Gasteiger partial charge in [0, 0.05) is 28.6 Å². The lowest BCUT2D eigenvalue weighted by Gasteiger charge is -2.32. The molecule has 1 N–H and O–H groups in total. The zero-order valence-electron chi connectivity index (χ0n) is 18.6. The van der Waals surface area contributed by atoms with E-state index >= 15 is 0 Å². The normalized spacial score (nSPS) is 15.2. The van der Waals surface area contributed by atoms with E-state index in [0.29, 0.717) is 22.9 Å². The highest BCUT2D eigenvalue weighted by molar-refractivity contribution is 6.31. The van der Waals surface area contributed by atoms with Crippen LogP contribution in [0.4, 0.5) is 5.69 Å². The number of anilines is 1. The Morgan fingerprint density at radius 3 is 2.52 bits per heavy atom. The molecule has 1 amide bonds. The lowest BCUT2D eigenvalue weighted by Crippen LogP contribution is -2.33. The fraction of sp³-hybridized carbons (Fsp3) is 0.462. The molecule has 0 unspecified atom stereocenters. The van der Waals surface area contributed by atoms with Crippen molar-refractivity contribution < 1.29 is 9.59 Å². The highest BCUT2D eigenvalue weighted by atomic mass is 35.5. The molecule has 0 radical (unpaired) electrons. The average molecular weight is 441 g/mol. The Labute approximate surface area is 191 Å². The quantitative estimate of drug-likeness (QED) is 0.374. The summed E-state index contributed by atoms with van der Waals surface area (Å²) in [5.41, 5.74) is 2.91. The van der Waals surface area contributed by atoms with Crippen LogP contribution in [0.3, 0.4) is 0 Å². The largest absolute Gasteiger partial charge is 0.326 e. The van der Waals surface area contributed by atoms with Crippen molar-refractivity contribution in [1.29, 1.82) is 0 Å². The van der Waals surface area contributed by atoms with Crippen molar-refractivity contribution in [3.8, 4) is 0 Å². The molecule has 0 bridgehead atoms. The van der Waals surface area contributed by atoms with Gasteiger partial charge in [0.1, 0.15) is 0 Å². The third-order valence-electron chi connectivity index (χ3n) is 6.01. The summed E-state index contributed by atoms with van der Waals surface area (Å²) in [6.07, 6.45) is 4.77. The maximum atomic E-state index is 12.3. The van der Waals surface area contributed by atoms with E-state index in [4.69, 9.17) is 11.6 Å². The number of hydrogen-bond donors (Lipinski definition) is 1. The molecule has 1 aliphatic heterocycles. The molecule has 1 fully saturated rings. The van der Waals surface area contributed by atoms with E-state index in [1.165, 1.54) is 5.56 Å². The summed E-state index contributed by atoms with van der Waals surface area (Å²) in [5.74, 6) is 0.746. The fourth-order valence-corrected chi connectivity index (χ4v) is 4.26. The molecule has 2 aromatic carbocycles. The molecule has 1 aliphatic rings. The summed E-state index contributed by atoms with van der Waals surface area (Å²) < 4.78 is 0. The number of piperidine rings is 1. The first-order valence-corrected chi connectivity index (χ1v) is 11.7. The van der Waals surface area contributed by atoms with Crippen LogP contribution < -0.4 is 5.32 Å². The second-order valence-electron chi connectivity index (χ2n) is 8.78. The summed E-state index contributed by atoms with van der Waals surface area (Å²) in [7, 11) is 0. The number of amides is 1. The third-order valence-corrected chi connectivity index (χ3v) is 6.25. The monoisotopic (exact) mass is 440 g/mol. The van der Waals surface area contributed by atoms with Crippen LogP contribution in [0.2, 0.25) is 5.02 Å². The van der Waals surface area contributed by atoms with Crippen LogP contribution in [0.1, 0.15) is 67.8 Å². The van der Waals surface area contributed by atoms with E-state index in [1.807, 2.05) is 38.1 Å². The number of nitrogens with zero attached hydrogens (tertiary/aromatic N) is 1. The molecule has 166 valence electrons. The first-order chi connectivity index (χ1) is 14.9. The number of hydrogen-bond acceptors (Lipinski definition) is 3. The molecule has 4 nitrogen and oxygen atoms in total. The lowest BCUT2D eigenvalue weighted by molar-refractivity contribution is -0.118. The van der Waals surface area contributed by atoms with Crippen LogP contribution in [0, 0.1) is 5.92 Å². The Morgan fingerprint density at radius 2 is 1.81 bits per heavy atom. The summed E-state index contributed by atoms with van der Waals surface area (Å²) >= 11 is 5.97. The minimum Gasteiger partial charge on any atom is -0.326 e. The summed E-state index contributed by atoms with van der Waals surface area (Å²) in [6, 6.07) is 15.5. The summed E-state index contributed by atoms with van der Waals surface area (Å²) in [5, 5.41) is 3.62. The summed E-state index contributed by atoms with van der Waals surface area (Å²) in [4.78, 5) is 26.7. The number of carbonyl (C=O) groups is 2. The van der Waals surface area contributed by atoms with E-state index in [0.717, 1.165) is 51.0 Å². The van der Waals surface area contributed by atoms with E-state index in [1.54, 1.807) is 12.1 Å². The molecular formula is C26H33ClN2O2. The maximum absolute atomic E-state index is 12.3. The minimum atomic E-state index is -0.0207. The number of carbonyl (C=O) groups excluding carboxylic acids is 2. The molecular weight excluding hydrogens is 408 g/mol. The van der Waals surface area contributed by atoms with E-state index in [2.05, 4.69) is 22.3 Å². The highest BCUT2D eigenvalue weighted by Crippen LogP contribution is 2.30. The molecule has 1 saturated heterocycles. The van der Waals surface area contributed by atoms with Gasteiger partial charge in [0.05, 0.1) is 0 Å². The van der Waals surface area contributed by atoms with Crippen molar-refractivity contribution in [2.24, 2.45) is 5.92 Å². The van der Waals surface area contributed by atoms with Crippen molar-refractivity contribution in [3.05, 3.63) is 64.7 Å². The molecule has 31 heavy (non-hydrogen) atoms. The predicted octanol–water partition coefficient (Wildman–Crippen LogP) is 6.17. The molecule has 0 saturated carbocycles. The van der Waals surface area contributed by atoms with Crippen molar-refractivity contribution in [2.75, 3.05) is 25.0 Å². The Morgan fingerprint density at radius 1 is 1.06 bits per heavy atom. The van der Waals surface area contributed by atoms with Gasteiger partial charge in [-0.25, -0.2) is 0 Å². The molecule has 5 heteroatoms. The Kier molecular flexibility index (Phi) is 8.68. The molecule has 2 aromatic rings. The van der Waals surface area contributed by atoms with Gasteiger partial charge >= 0.3 is 0 Å². The second-order valence-corrected chi connectivity index (χ2v) is 9.21. The van der Waals surface area contributed by atoms with E-state index in [-0.39, 0.29) is 17.6 Å². The van der Waals surface area contributed by atoms with Gasteiger partial charge in [-0.2, -0.15) is 0 Å². The number of nitrogens with one attached hydrogen (secondary N) is 1. The van der Waals surface area contributed by atoms with E-state index < -0.39 is 0 Å². The number of ketones is 1. The molecule has 3 rings (SSSR count). The van der Waals surface area contributed by atoms with Gasteiger partial charge in [-0.3, -0.25) is 9.59 Å². The number of benzene rings is 2. The predicted molar refractivity (Wildman–Crippen MR) is 128 cm³/mol. The smallest absolute Gasteiger partial charge is 0.226 e. The van der Waals surface area contributed by atoms with Gasteiger partial charge in [0.25, 0.3) is 0 Å². The van der Waals surface area contributed by atoms with Gasteiger partial charge in [0.2, 0.25) is 5.91 Å². The maximum Gasteiger partial charge on any atom is 0.226 e. The first kappa shape index (κ1) is 23.5. The summed E-state index contributed by atoms with van der Waals surface area (Å²) in [6.45, 7) is 7.01. The molecule has 0 aromatic heterocycles. The third kappa shape index (κ3) is 7.19. The van der Waals surface area contributed by atoms with Crippen LogP contribution in [0.15, 0.2) is 48.5 Å². The zero-order valence-corrected chi connectivity index (χ0v) is 19.3. The van der Waals surface area contributed by atoms with Crippen molar-refractivity contribution in [3.63, 3.8) is 0 Å². The van der Waals surface area contributed by atoms with Gasteiger partial charge in [0.15, 0.2) is 5.78 Å². The number of likely N-dealkylation sites (tertiary alicyclic amines) is 1. The van der Waals surface area contributed by atoms with Crippen LogP contribution in [0.5, 0.6) is 0 Å². The number of halogens is 1. The average Bonchev–Trinajstić information content (AvgIpc) is 2.77. The van der Waals surface area contributed by atoms with Crippen LogP contribution in [-0.2, 0) is 4.79 Å². The minimum absolute atomic E-state index is 0.0207. The van der Waals surface area contributed by atoms with Crippen molar-refractivity contribution in [2.45, 2.75) is 51.9 Å². The van der Waals surface area contributed by atoms with Crippen LogP contribution in [0.25, 0.3) is 0 Å². The second kappa shape index (κ2) is 11.4. The number of unbranched alkanes of at least 4 members (excludes halogenated alkanes) is 1. The van der Waals surface area contributed by atoms with Gasteiger partial charge in [-0.1, -0.05) is 49.7 Å². The van der Waals surface area contributed by atoms with Crippen LogP contribution in [-0.4, -0.2) is 36.2 Å². The SMILES string of the molecule is CC(C)C(=O)Nc1cccc(C2CCN(CCCCC(=O)c3cccc(Cl)c3)CC2)c1. The number of Topliss-reactive ketones (excluding diaryl/α,β-unsaturated/α-hetero) is 1. The molecule has 0 atom stereocenters. The Hall–Kier alpha value is -2.17. The van der Waals surface area contributed by atoms with E-state index in [9.17, 15) is 9.59 Å². The Bertz CT molecular complexity index is 888. The van der Waals surface area contributed by atoms with Gasteiger partial charge in [-0.15, -0.1) is 0 Å². The lowest BCUT2D eigenvalue weighted by atomic mass is 9.89. The van der Waals surface area contributed by atoms with Crippen molar-refractivity contribution in [1.82, 2.24) is 4.90 Å². The molecule has 0 aliphatic carbocycles. The Balaban J connectivity index is 1.39. The molecule has 0 spiro atoms. The van der Waals surface area contributed by atoms with Crippen LogP contribution >= 0.6 is 11.6 Å². The standard InChI is InChI=1S/C26H33ClN2O2/c1-19(2)26(31)28-24-10-6-7-21(18-24)20-12-15-29(16-13-20)14-4-3-11-25(30)22-8-5-9-23(27)17-22/h5-10,17-20H,3-4,11-16H2,1-2H3,(H,28,31). The topological polar surface area (TPSA) is 49.4 Å². The van der Waals surface area contributed by atoms with Gasteiger partial charge < -0.3 is 10.2 Å². The molecule has 1 heterocycles. The van der Waals surface area contributed by atoms with Gasteiger partial charge in [-0.05, 0) is 81.1 Å². The first-order valence-electron chi connectivity index (χ1n) is 11.3. The highest BCUT2D eigenvalue weighted by Gasteiger charge is 2.21. The zero-order chi connectivity index (χ0) is 22.2.